The summed E-state index contributed by atoms with van der Waals surface area (Å²) in [4.78, 5) is 12.4. The van der Waals surface area contributed by atoms with Gasteiger partial charge in [0, 0.05) is 10.4 Å². The number of anilines is 1. The molecule has 5 nitrogen and oxygen atoms in total. The van der Waals surface area contributed by atoms with E-state index in [1.807, 2.05) is 29.6 Å². The molecule has 1 fully saturated rings. The Labute approximate surface area is 120 Å². The van der Waals surface area contributed by atoms with Gasteiger partial charge in [-0.15, -0.1) is 11.3 Å². The van der Waals surface area contributed by atoms with E-state index in [0.29, 0.717) is 12.8 Å². The van der Waals surface area contributed by atoms with Gasteiger partial charge in [-0.05, 0) is 47.9 Å². The van der Waals surface area contributed by atoms with Crippen LogP contribution >= 0.6 is 11.3 Å². The van der Waals surface area contributed by atoms with Crippen molar-refractivity contribution in [3.05, 3.63) is 29.6 Å². The highest BCUT2D eigenvalue weighted by Crippen LogP contribution is 2.42. The molecular formula is C14H15N3O2S. The molecule has 20 heavy (non-hydrogen) atoms. The number of rotatable bonds is 3. The van der Waals surface area contributed by atoms with E-state index in [-0.39, 0.29) is 11.7 Å². The number of carbonyl (C=O) groups excluding carboxylic acids is 1. The lowest BCUT2D eigenvalue weighted by Crippen LogP contribution is -2.51. The van der Waals surface area contributed by atoms with E-state index in [0.717, 1.165) is 17.5 Å². The first-order valence-electron chi connectivity index (χ1n) is 6.42. The maximum Gasteiger partial charge on any atom is 0.238 e. The van der Waals surface area contributed by atoms with Crippen LogP contribution in [0.5, 0.6) is 0 Å². The first-order valence-corrected chi connectivity index (χ1v) is 7.30. The summed E-state index contributed by atoms with van der Waals surface area (Å²) in [6.45, 7) is 0. The lowest BCUT2D eigenvalue weighted by Gasteiger charge is -2.38. The topological polar surface area (TPSA) is 87.7 Å². The molecule has 6 heteroatoms. The molecular weight excluding hydrogens is 274 g/mol. The molecule has 1 aliphatic rings. The largest absolute Gasteiger partial charge is 0.409 e. The number of amidine groups is 1. The summed E-state index contributed by atoms with van der Waals surface area (Å²) < 4.78 is 1.18. The monoisotopic (exact) mass is 289 g/mol. The minimum Gasteiger partial charge on any atom is -0.409 e. The average Bonchev–Trinajstić information content (AvgIpc) is 2.84. The van der Waals surface area contributed by atoms with Crippen LogP contribution in [-0.2, 0) is 4.79 Å². The van der Waals surface area contributed by atoms with E-state index < -0.39 is 5.41 Å². The Morgan fingerprint density at radius 3 is 2.85 bits per heavy atom. The average molecular weight is 289 g/mol. The SMILES string of the molecule is N/C(=N/O)C1(C(=O)Nc2ccc3sccc3c2)CCC1. The summed E-state index contributed by atoms with van der Waals surface area (Å²) in [5.74, 6) is -0.202. The molecule has 0 saturated heterocycles. The predicted octanol–water partition coefficient (Wildman–Crippen LogP) is 2.76. The van der Waals surface area contributed by atoms with Crippen molar-refractivity contribution in [2.75, 3.05) is 5.32 Å². The lowest BCUT2D eigenvalue weighted by atomic mass is 9.67. The van der Waals surface area contributed by atoms with Crippen molar-refractivity contribution in [3.63, 3.8) is 0 Å². The highest BCUT2D eigenvalue weighted by Gasteiger charge is 2.48. The summed E-state index contributed by atoms with van der Waals surface area (Å²) in [6, 6.07) is 7.79. The van der Waals surface area contributed by atoms with E-state index in [1.165, 1.54) is 4.70 Å². The van der Waals surface area contributed by atoms with Crippen molar-refractivity contribution in [2.45, 2.75) is 19.3 Å². The molecule has 3 rings (SSSR count). The van der Waals surface area contributed by atoms with Crippen molar-refractivity contribution < 1.29 is 10.0 Å². The summed E-state index contributed by atoms with van der Waals surface area (Å²) in [5, 5.41) is 17.9. The maximum absolute atomic E-state index is 12.4. The number of carbonyl (C=O) groups is 1. The van der Waals surface area contributed by atoms with Gasteiger partial charge in [0.25, 0.3) is 0 Å². The van der Waals surface area contributed by atoms with Crippen LogP contribution in [0.2, 0.25) is 0 Å². The molecule has 1 aliphatic carbocycles. The van der Waals surface area contributed by atoms with Crippen LogP contribution in [0, 0.1) is 5.41 Å². The quantitative estimate of drug-likeness (QED) is 0.351. The normalized spacial score (nSPS) is 17.7. The number of fused-ring (bicyclic) bond motifs is 1. The highest BCUT2D eigenvalue weighted by atomic mass is 32.1. The van der Waals surface area contributed by atoms with Crippen molar-refractivity contribution in [1.29, 1.82) is 0 Å². The molecule has 4 N–H and O–H groups in total. The second-order valence-corrected chi connectivity index (χ2v) is 6.00. The molecule has 0 aliphatic heterocycles. The molecule has 104 valence electrons. The van der Waals surface area contributed by atoms with Gasteiger partial charge in [0.2, 0.25) is 5.91 Å². The number of nitrogens with one attached hydrogen (secondary N) is 1. The van der Waals surface area contributed by atoms with Gasteiger partial charge in [-0.3, -0.25) is 4.79 Å². The molecule has 0 atom stereocenters. The van der Waals surface area contributed by atoms with Gasteiger partial charge >= 0.3 is 0 Å². The van der Waals surface area contributed by atoms with Crippen molar-refractivity contribution in [2.24, 2.45) is 16.3 Å². The molecule has 1 aromatic carbocycles. The standard InChI is InChI=1S/C14H15N3O2S/c15-12(17-19)14(5-1-6-14)13(18)16-10-2-3-11-9(8-10)4-7-20-11/h2-4,7-8,19H,1,5-6H2,(H2,15,17)(H,16,18). The van der Waals surface area contributed by atoms with Crippen molar-refractivity contribution in [3.8, 4) is 0 Å². The van der Waals surface area contributed by atoms with E-state index in [2.05, 4.69) is 10.5 Å². The zero-order chi connectivity index (χ0) is 14.2. The number of oxime groups is 1. The number of amides is 1. The minimum atomic E-state index is -0.849. The molecule has 1 amide bonds. The van der Waals surface area contributed by atoms with Gasteiger partial charge in [-0.2, -0.15) is 0 Å². The summed E-state index contributed by atoms with van der Waals surface area (Å²) in [7, 11) is 0. The Kier molecular flexibility index (Phi) is 3.10. The van der Waals surface area contributed by atoms with E-state index in [9.17, 15) is 4.79 Å². The third-order valence-electron chi connectivity index (χ3n) is 3.95. The number of nitrogens with two attached hydrogens (primary N) is 1. The van der Waals surface area contributed by atoms with Crippen LogP contribution in [-0.4, -0.2) is 17.0 Å². The van der Waals surface area contributed by atoms with Gasteiger partial charge in [0.15, 0.2) is 5.84 Å². The zero-order valence-corrected chi connectivity index (χ0v) is 11.6. The number of benzene rings is 1. The minimum absolute atomic E-state index is 0.00198. The molecule has 0 radical (unpaired) electrons. The van der Waals surface area contributed by atoms with Crippen LogP contribution in [0.4, 0.5) is 5.69 Å². The number of hydrogen-bond donors (Lipinski definition) is 3. The molecule has 1 aromatic heterocycles. The molecule has 0 bridgehead atoms. The van der Waals surface area contributed by atoms with Crippen LogP contribution in [0.25, 0.3) is 10.1 Å². The maximum atomic E-state index is 12.4. The van der Waals surface area contributed by atoms with Gasteiger partial charge in [0.1, 0.15) is 5.41 Å². The zero-order valence-electron chi connectivity index (χ0n) is 10.8. The van der Waals surface area contributed by atoms with E-state index in [1.54, 1.807) is 11.3 Å². The fourth-order valence-corrected chi connectivity index (χ4v) is 3.29. The van der Waals surface area contributed by atoms with Crippen molar-refractivity contribution >= 4 is 38.9 Å². The Balaban J connectivity index is 1.84. The number of thiophene rings is 1. The molecule has 1 heterocycles. The second-order valence-electron chi connectivity index (χ2n) is 5.05. The van der Waals surface area contributed by atoms with Crippen LogP contribution in [0.1, 0.15) is 19.3 Å². The third-order valence-corrected chi connectivity index (χ3v) is 4.85. The van der Waals surface area contributed by atoms with E-state index in [4.69, 9.17) is 10.9 Å². The Hall–Kier alpha value is -2.08. The summed E-state index contributed by atoms with van der Waals surface area (Å²) >= 11 is 1.66. The van der Waals surface area contributed by atoms with E-state index >= 15 is 0 Å². The summed E-state index contributed by atoms with van der Waals surface area (Å²) in [5.41, 5.74) is 5.57. The molecule has 0 unspecified atom stereocenters. The summed E-state index contributed by atoms with van der Waals surface area (Å²) in [6.07, 6.45) is 2.15. The van der Waals surface area contributed by atoms with Crippen LogP contribution in [0.15, 0.2) is 34.8 Å². The molecule has 2 aromatic rings. The number of nitrogens with zero attached hydrogens (tertiary/aromatic N) is 1. The van der Waals surface area contributed by atoms with Gasteiger partial charge in [-0.1, -0.05) is 11.6 Å². The third kappa shape index (κ3) is 1.92. The second kappa shape index (κ2) is 4.79. The smallest absolute Gasteiger partial charge is 0.238 e. The fourth-order valence-electron chi connectivity index (χ4n) is 2.52. The molecule has 0 spiro atoms. The lowest BCUT2D eigenvalue weighted by molar-refractivity contribution is -0.125. The number of hydrogen-bond acceptors (Lipinski definition) is 4. The predicted molar refractivity (Wildman–Crippen MR) is 80.1 cm³/mol. The Morgan fingerprint density at radius 2 is 2.20 bits per heavy atom. The van der Waals surface area contributed by atoms with Gasteiger partial charge in [-0.25, -0.2) is 0 Å². The van der Waals surface area contributed by atoms with Crippen LogP contribution in [0.3, 0.4) is 0 Å². The molecule has 1 saturated carbocycles. The van der Waals surface area contributed by atoms with Crippen molar-refractivity contribution in [1.82, 2.24) is 0 Å². The van der Waals surface area contributed by atoms with Gasteiger partial charge in [0.05, 0.1) is 0 Å². The fraction of sp³-hybridized carbons (Fsp3) is 0.286. The first-order chi connectivity index (χ1) is 9.65. The Bertz CT molecular complexity index is 689. The van der Waals surface area contributed by atoms with Gasteiger partial charge < -0.3 is 16.3 Å². The highest BCUT2D eigenvalue weighted by molar-refractivity contribution is 7.17. The van der Waals surface area contributed by atoms with Crippen LogP contribution < -0.4 is 11.1 Å². The Morgan fingerprint density at radius 1 is 1.40 bits per heavy atom. The first kappa shape index (κ1) is 12.9.